The van der Waals surface area contributed by atoms with Gasteiger partial charge in [-0.05, 0) is 72.5 Å². The van der Waals surface area contributed by atoms with Gasteiger partial charge in [-0.1, -0.05) is 12.1 Å². The molecule has 4 rings (SSSR count). The molecule has 0 fully saturated rings. The highest BCUT2D eigenvalue weighted by atomic mass is 32.2. The van der Waals surface area contributed by atoms with E-state index in [9.17, 15) is 23.5 Å². The third-order valence-corrected chi connectivity index (χ3v) is 7.14. The topological polar surface area (TPSA) is 106 Å². The lowest BCUT2D eigenvalue weighted by molar-refractivity contribution is -0.139. The van der Waals surface area contributed by atoms with Crippen LogP contribution in [0.5, 0.6) is 0 Å². The zero-order valence-electron chi connectivity index (χ0n) is 22.6. The molecule has 214 valence electrons. The van der Waals surface area contributed by atoms with E-state index in [0.717, 1.165) is 5.69 Å². The van der Waals surface area contributed by atoms with Crippen LogP contribution in [-0.2, 0) is 23.0 Å². The number of nitrogens with zero attached hydrogens (tertiary/aromatic N) is 3. The molecule has 2 aromatic carbocycles. The van der Waals surface area contributed by atoms with Gasteiger partial charge in [0.25, 0.3) is 5.91 Å². The van der Waals surface area contributed by atoms with E-state index in [1.807, 2.05) is 17.9 Å². The normalized spacial score (nSPS) is 12.6. The van der Waals surface area contributed by atoms with Gasteiger partial charge in [-0.3, -0.25) is 4.79 Å². The summed E-state index contributed by atoms with van der Waals surface area (Å²) in [4.78, 5) is 34.0. The summed E-state index contributed by atoms with van der Waals surface area (Å²) in [5.74, 6) is -2.06. The number of thioether (sulfide) groups is 1. The maximum absolute atomic E-state index is 13.8. The highest BCUT2D eigenvalue weighted by molar-refractivity contribution is 7.98. The van der Waals surface area contributed by atoms with E-state index < -0.39 is 35.7 Å². The number of hydrogen-bond donors (Lipinski definition) is 2. The highest BCUT2D eigenvalue weighted by Gasteiger charge is 2.25. The van der Waals surface area contributed by atoms with Crippen LogP contribution in [0.4, 0.5) is 8.78 Å². The highest BCUT2D eigenvalue weighted by Crippen LogP contribution is 2.30. The Bertz CT molecular complexity index is 1480. The van der Waals surface area contributed by atoms with Gasteiger partial charge in [0.2, 0.25) is 0 Å². The fourth-order valence-corrected chi connectivity index (χ4v) is 4.73. The number of carboxylic acids is 1. The Hall–Kier alpha value is -4.09. The SMILES string of the molecule is CSCC[C@H](NC(=O)c1ccc(C(OCCc2cncn2C)c2ccc(F)cc2)nc1-c1ccc(F)cc1)C(=O)O. The summed E-state index contributed by atoms with van der Waals surface area (Å²) < 4.78 is 35.7. The molecule has 2 heterocycles. The molecule has 0 spiro atoms. The molecular weight excluding hydrogens is 550 g/mol. The van der Waals surface area contributed by atoms with Crippen LogP contribution in [0.15, 0.2) is 73.2 Å². The quantitative estimate of drug-likeness (QED) is 0.228. The third-order valence-electron chi connectivity index (χ3n) is 6.49. The van der Waals surface area contributed by atoms with Gasteiger partial charge < -0.3 is 19.7 Å². The number of benzene rings is 2. The van der Waals surface area contributed by atoms with Gasteiger partial charge in [0.15, 0.2) is 0 Å². The molecule has 11 heteroatoms. The van der Waals surface area contributed by atoms with E-state index >= 15 is 0 Å². The zero-order chi connectivity index (χ0) is 29.4. The molecule has 0 saturated heterocycles. The van der Waals surface area contributed by atoms with Crippen molar-refractivity contribution >= 4 is 23.6 Å². The van der Waals surface area contributed by atoms with Crippen molar-refractivity contribution in [3.8, 4) is 11.3 Å². The predicted molar refractivity (Wildman–Crippen MR) is 153 cm³/mol. The Labute approximate surface area is 240 Å². The minimum absolute atomic E-state index is 0.128. The number of amides is 1. The fourth-order valence-electron chi connectivity index (χ4n) is 4.26. The predicted octanol–water partition coefficient (Wildman–Crippen LogP) is 5.05. The zero-order valence-corrected chi connectivity index (χ0v) is 23.4. The molecule has 0 bridgehead atoms. The number of ether oxygens (including phenoxy) is 1. The molecule has 0 radical (unpaired) electrons. The van der Waals surface area contributed by atoms with Gasteiger partial charge in [0, 0.05) is 30.9 Å². The minimum Gasteiger partial charge on any atom is -0.480 e. The van der Waals surface area contributed by atoms with Crippen molar-refractivity contribution in [2.24, 2.45) is 7.05 Å². The smallest absolute Gasteiger partial charge is 0.326 e. The van der Waals surface area contributed by atoms with E-state index in [1.54, 1.807) is 36.8 Å². The van der Waals surface area contributed by atoms with Crippen LogP contribution in [0.1, 0.15) is 39.8 Å². The number of carboxylic acid groups (broad SMARTS) is 1. The summed E-state index contributed by atoms with van der Waals surface area (Å²) in [5.41, 5.74) is 2.87. The Balaban J connectivity index is 1.71. The maximum atomic E-state index is 13.8. The van der Waals surface area contributed by atoms with Crippen molar-refractivity contribution in [3.63, 3.8) is 0 Å². The number of rotatable bonds is 13. The Morgan fingerprint density at radius 3 is 2.34 bits per heavy atom. The van der Waals surface area contributed by atoms with Crippen LogP contribution in [0.3, 0.4) is 0 Å². The fraction of sp³-hybridized carbons (Fsp3) is 0.267. The average molecular weight is 581 g/mol. The summed E-state index contributed by atoms with van der Waals surface area (Å²) in [6.07, 6.45) is 5.39. The van der Waals surface area contributed by atoms with E-state index in [-0.39, 0.29) is 17.7 Å². The van der Waals surface area contributed by atoms with Crippen LogP contribution in [-0.4, -0.2) is 56.2 Å². The van der Waals surface area contributed by atoms with Gasteiger partial charge >= 0.3 is 5.97 Å². The lowest BCUT2D eigenvalue weighted by Crippen LogP contribution is -2.41. The van der Waals surface area contributed by atoms with Crippen molar-refractivity contribution in [3.05, 3.63) is 107 Å². The average Bonchev–Trinajstić information content (AvgIpc) is 3.38. The Kier molecular flexibility index (Phi) is 10.2. The number of halogens is 2. The second-order valence-corrected chi connectivity index (χ2v) is 10.3. The standard InChI is InChI=1S/C30H30F2N4O4S/c1-36-18-33-17-23(36)13-15-40-28(20-5-9-22(32)10-6-20)25-12-11-24(27(34-25)19-3-7-21(31)8-4-19)29(37)35-26(30(38)39)14-16-41-2/h3-12,17-18,26,28H,13-16H2,1-2H3,(H,35,37)(H,38,39)/t26-,28?/m0/s1. The molecule has 2 N–H and O–H groups in total. The number of aliphatic carboxylic acids is 1. The second kappa shape index (κ2) is 14.0. The molecule has 41 heavy (non-hydrogen) atoms. The molecule has 2 atom stereocenters. The molecule has 0 saturated carbocycles. The first-order chi connectivity index (χ1) is 19.8. The monoisotopic (exact) mass is 580 g/mol. The van der Waals surface area contributed by atoms with Crippen LogP contribution < -0.4 is 5.32 Å². The molecule has 1 amide bonds. The minimum atomic E-state index is -1.14. The van der Waals surface area contributed by atoms with Crippen LogP contribution in [0.25, 0.3) is 11.3 Å². The number of pyridine rings is 1. The number of hydrogen-bond acceptors (Lipinski definition) is 6. The van der Waals surface area contributed by atoms with E-state index in [0.29, 0.717) is 35.6 Å². The van der Waals surface area contributed by atoms with E-state index in [4.69, 9.17) is 9.72 Å². The molecule has 1 unspecified atom stereocenters. The number of aromatic nitrogens is 3. The van der Waals surface area contributed by atoms with Gasteiger partial charge in [-0.25, -0.2) is 23.5 Å². The van der Waals surface area contributed by atoms with Crippen LogP contribution in [0, 0.1) is 11.6 Å². The summed E-state index contributed by atoms with van der Waals surface area (Å²) in [7, 11) is 1.89. The van der Waals surface area contributed by atoms with Gasteiger partial charge in [0.1, 0.15) is 23.8 Å². The van der Waals surface area contributed by atoms with Crippen molar-refractivity contribution < 1.29 is 28.2 Å². The van der Waals surface area contributed by atoms with Gasteiger partial charge in [0.05, 0.1) is 29.9 Å². The second-order valence-electron chi connectivity index (χ2n) is 9.33. The Morgan fingerprint density at radius 2 is 1.73 bits per heavy atom. The number of carbonyl (C=O) groups is 2. The van der Waals surface area contributed by atoms with E-state index in [2.05, 4.69) is 10.3 Å². The van der Waals surface area contributed by atoms with Crippen LogP contribution >= 0.6 is 11.8 Å². The first-order valence-electron chi connectivity index (χ1n) is 12.9. The number of carbonyl (C=O) groups excluding carboxylic acids is 1. The largest absolute Gasteiger partial charge is 0.480 e. The number of imidazole rings is 1. The summed E-state index contributed by atoms with van der Waals surface area (Å²) in [6, 6.07) is 13.5. The summed E-state index contributed by atoms with van der Waals surface area (Å²) >= 11 is 1.48. The lowest BCUT2D eigenvalue weighted by Gasteiger charge is -2.21. The molecule has 2 aromatic heterocycles. The molecule has 8 nitrogen and oxygen atoms in total. The number of aryl methyl sites for hydroxylation is 1. The maximum Gasteiger partial charge on any atom is 0.326 e. The molecule has 4 aromatic rings. The van der Waals surface area contributed by atoms with Gasteiger partial charge in [-0.15, -0.1) is 0 Å². The molecule has 0 aliphatic carbocycles. The molecular formula is C30H30F2N4O4S. The summed E-state index contributed by atoms with van der Waals surface area (Å²) in [5, 5.41) is 12.2. The van der Waals surface area contributed by atoms with Gasteiger partial charge in [-0.2, -0.15) is 11.8 Å². The molecule has 0 aliphatic rings. The summed E-state index contributed by atoms with van der Waals surface area (Å²) in [6.45, 7) is 0.299. The first kappa shape index (κ1) is 29.9. The lowest BCUT2D eigenvalue weighted by atomic mass is 10.0. The van der Waals surface area contributed by atoms with Crippen molar-refractivity contribution in [2.75, 3.05) is 18.6 Å². The van der Waals surface area contributed by atoms with Crippen molar-refractivity contribution in [2.45, 2.75) is 25.0 Å². The molecule has 0 aliphatic heterocycles. The van der Waals surface area contributed by atoms with Crippen molar-refractivity contribution in [1.82, 2.24) is 19.9 Å². The third kappa shape index (κ3) is 7.77. The van der Waals surface area contributed by atoms with Crippen LogP contribution in [0.2, 0.25) is 0 Å². The van der Waals surface area contributed by atoms with Crippen molar-refractivity contribution in [1.29, 1.82) is 0 Å². The first-order valence-corrected chi connectivity index (χ1v) is 14.3. The number of nitrogens with one attached hydrogen (secondary N) is 1. The Morgan fingerprint density at radius 1 is 1.05 bits per heavy atom. The van der Waals surface area contributed by atoms with E-state index in [1.165, 1.54) is 48.2 Å².